The minimum Gasteiger partial charge on any atom is -0.336 e. The highest BCUT2D eigenvalue weighted by Crippen LogP contribution is 2.25. The van der Waals surface area contributed by atoms with Gasteiger partial charge in [0.1, 0.15) is 0 Å². The Hall–Kier alpha value is -2.79. The summed E-state index contributed by atoms with van der Waals surface area (Å²) >= 11 is 0. The van der Waals surface area contributed by atoms with Crippen LogP contribution in [0.5, 0.6) is 0 Å². The first-order valence-electron chi connectivity index (χ1n) is 8.50. The van der Waals surface area contributed by atoms with Gasteiger partial charge >= 0.3 is 0 Å². The summed E-state index contributed by atoms with van der Waals surface area (Å²) in [5.41, 5.74) is 3.25. The smallest absolute Gasteiger partial charge is 0.254 e. The molecule has 0 atom stereocenters. The average molecular weight is 332 g/mol. The van der Waals surface area contributed by atoms with Gasteiger partial charge in [0.15, 0.2) is 0 Å². The highest BCUT2D eigenvalue weighted by atomic mass is 16.2. The van der Waals surface area contributed by atoms with Gasteiger partial charge < -0.3 is 9.80 Å². The van der Waals surface area contributed by atoms with E-state index in [2.05, 4.69) is 16.9 Å². The van der Waals surface area contributed by atoms with Crippen LogP contribution in [0.3, 0.4) is 0 Å². The zero-order valence-corrected chi connectivity index (χ0v) is 14.2. The van der Waals surface area contributed by atoms with Crippen molar-refractivity contribution in [2.45, 2.75) is 0 Å². The number of fused-ring (bicyclic) bond motifs is 1. The van der Waals surface area contributed by atoms with Crippen LogP contribution in [0.15, 0.2) is 54.9 Å². The molecule has 0 unspecified atom stereocenters. The Labute approximate surface area is 146 Å². The van der Waals surface area contributed by atoms with Gasteiger partial charge in [0.05, 0.1) is 16.8 Å². The van der Waals surface area contributed by atoms with Crippen LogP contribution in [-0.2, 0) is 0 Å². The maximum absolute atomic E-state index is 13.2. The van der Waals surface area contributed by atoms with Crippen molar-refractivity contribution < 1.29 is 4.79 Å². The number of benzene rings is 1. The van der Waals surface area contributed by atoms with Crippen LogP contribution >= 0.6 is 0 Å². The molecule has 1 fully saturated rings. The lowest BCUT2D eigenvalue weighted by molar-refractivity contribution is 0.0666. The predicted octanol–water partition coefficient (Wildman–Crippen LogP) is 2.68. The molecule has 3 heterocycles. The van der Waals surface area contributed by atoms with E-state index in [1.165, 1.54) is 0 Å². The van der Waals surface area contributed by atoms with Gasteiger partial charge in [-0.15, -0.1) is 0 Å². The van der Waals surface area contributed by atoms with Crippen molar-refractivity contribution in [1.82, 2.24) is 19.8 Å². The van der Waals surface area contributed by atoms with Gasteiger partial charge in [0, 0.05) is 49.5 Å². The minimum atomic E-state index is 0.0804. The summed E-state index contributed by atoms with van der Waals surface area (Å²) in [6.45, 7) is 3.33. The number of para-hydroxylation sites is 1. The highest BCUT2D eigenvalue weighted by molar-refractivity contribution is 6.07. The van der Waals surface area contributed by atoms with Gasteiger partial charge in [0.2, 0.25) is 0 Å². The Bertz CT molecular complexity index is 902. The number of carbonyl (C=O) groups excluding carboxylic acids is 1. The van der Waals surface area contributed by atoms with E-state index in [1.807, 2.05) is 47.4 Å². The summed E-state index contributed by atoms with van der Waals surface area (Å²) in [6.07, 6.45) is 3.52. The van der Waals surface area contributed by atoms with E-state index >= 15 is 0 Å². The maximum atomic E-state index is 13.2. The normalized spacial score (nSPS) is 15.5. The second-order valence-electron chi connectivity index (χ2n) is 6.41. The largest absolute Gasteiger partial charge is 0.336 e. The molecule has 0 N–H and O–H groups in total. The minimum absolute atomic E-state index is 0.0804. The van der Waals surface area contributed by atoms with Crippen molar-refractivity contribution in [1.29, 1.82) is 0 Å². The third kappa shape index (κ3) is 3.10. The molecule has 0 bridgehead atoms. The van der Waals surface area contributed by atoms with Crippen molar-refractivity contribution in [3.63, 3.8) is 0 Å². The van der Waals surface area contributed by atoms with Crippen LogP contribution in [-0.4, -0.2) is 58.9 Å². The van der Waals surface area contributed by atoms with Crippen LogP contribution in [0.1, 0.15) is 10.4 Å². The second kappa shape index (κ2) is 6.61. The third-order valence-corrected chi connectivity index (χ3v) is 4.69. The Balaban J connectivity index is 1.80. The first kappa shape index (κ1) is 15.7. The predicted molar refractivity (Wildman–Crippen MR) is 98.4 cm³/mol. The Kier molecular flexibility index (Phi) is 4.15. The summed E-state index contributed by atoms with van der Waals surface area (Å²) in [5, 5.41) is 0.902. The fourth-order valence-corrected chi connectivity index (χ4v) is 3.19. The first-order chi connectivity index (χ1) is 12.2. The Morgan fingerprint density at radius 3 is 2.60 bits per heavy atom. The van der Waals surface area contributed by atoms with Crippen LogP contribution < -0.4 is 0 Å². The molecule has 5 heteroatoms. The van der Waals surface area contributed by atoms with Crippen molar-refractivity contribution in [3.05, 3.63) is 60.4 Å². The molecule has 5 nitrogen and oxygen atoms in total. The van der Waals surface area contributed by atoms with Crippen molar-refractivity contribution in [2.75, 3.05) is 33.2 Å². The Morgan fingerprint density at radius 1 is 1.04 bits per heavy atom. The van der Waals surface area contributed by atoms with E-state index in [9.17, 15) is 4.79 Å². The molecule has 126 valence electrons. The zero-order chi connectivity index (χ0) is 17.2. The molecule has 0 aliphatic carbocycles. The van der Waals surface area contributed by atoms with Gasteiger partial charge in [-0.1, -0.05) is 18.2 Å². The molecular formula is C20H20N4O. The number of hydrogen-bond acceptors (Lipinski definition) is 4. The number of amides is 1. The summed E-state index contributed by atoms with van der Waals surface area (Å²) in [6, 6.07) is 13.6. The molecule has 1 saturated heterocycles. The molecule has 1 aliphatic heterocycles. The molecule has 1 aromatic carbocycles. The van der Waals surface area contributed by atoms with Crippen LogP contribution in [0.2, 0.25) is 0 Å². The van der Waals surface area contributed by atoms with Crippen LogP contribution in [0.4, 0.5) is 0 Å². The standard InChI is InChI=1S/C20H20N4O/c1-23-9-11-24(12-10-23)20(25)17-13-19(15-5-4-8-21-14-15)22-18-7-3-2-6-16(17)18/h2-8,13-14H,9-12H2,1H3. The van der Waals surface area contributed by atoms with Crippen molar-refractivity contribution in [3.8, 4) is 11.3 Å². The second-order valence-corrected chi connectivity index (χ2v) is 6.41. The molecule has 1 aliphatic rings. The van der Waals surface area contributed by atoms with Gasteiger partial charge in [0.25, 0.3) is 5.91 Å². The number of nitrogens with zero attached hydrogens (tertiary/aromatic N) is 4. The van der Waals surface area contributed by atoms with E-state index in [0.29, 0.717) is 5.56 Å². The number of pyridine rings is 2. The lowest BCUT2D eigenvalue weighted by atomic mass is 10.0. The monoisotopic (exact) mass is 332 g/mol. The fourth-order valence-electron chi connectivity index (χ4n) is 3.19. The van der Waals surface area contributed by atoms with Crippen molar-refractivity contribution >= 4 is 16.8 Å². The van der Waals surface area contributed by atoms with E-state index in [1.54, 1.807) is 12.4 Å². The molecule has 0 radical (unpaired) electrons. The van der Waals surface area contributed by atoms with Crippen LogP contribution in [0, 0.1) is 0 Å². The average Bonchev–Trinajstić information content (AvgIpc) is 2.68. The van der Waals surface area contributed by atoms with E-state index in [-0.39, 0.29) is 5.91 Å². The third-order valence-electron chi connectivity index (χ3n) is 4.69. The fraction of sp³-hybridized carbons (Fsp3) is 0.250. The number of hydrogen-bond donors (Lipinski definition) is 0. The SMILES string of the molecule is CN1CCN(C(=O)c2cc(-c3cccnc3)nc3ccccc23)CC1. The highest BCUT2D eigenvalue weighted by Gasteiger charge is 2.23. The molecular weight excluding hydrogens is 312 g/mol. The van der Waals surface area contributed by atoms with Crippen LogP contribution in [0.25, 0.3) is 22.2 Å². The number of rotatable bonds is 2. The number of aromatic nitrogens is 2. The lowest BCUT2D eigenvalue weighted by Gasteiger charge is -2.32. The molecule has 25 heavy (non-hydrogen) atoms. The summed E-state index contributed by atoms with van der Waals surface area (Å²) in [7, 11) is 2.09. The quantitative estimate of drug-likeness (QED) is 0.724. The van der Waals surface area contributed by atoms with E-state index < -0.39 is 0 Å². The van der Waals surface area contributed by atoms with Gasteiger partial charge in [-0.2, -0.15) is 0 Å². The summed E-state index contributed by atoms with van der Waals surface area (Å²) in [5.74, 6) is 0.0804. The van der Waals surface area contributed by atoms with Gasteiger partial charge in [-0.25, -0.2) is 4.98 Å². The molecule has 0 saturated carbocycles. The molecule has 1 amide bonds. The lowest BCUT2D eigenvalue weighted by Crippen LogP contribution is -2.47. The molecule has 3 aromatic rings. The summed E-state index contributed by atoms with van der Waals surface area (Å²) < 4.78 is 0. The molecule has 4 rings (SSSR count). The van der Waals surface area contributed by atoms with Crippen molar-refractivity contribution in [2.24, 2.45) is 0 Å². The number of carbonyl (C=O) groups is 1. The molecule has 0 spiro atoms. The Morgan fingerprint density at radius 2 is 1.84 bits per heavy atom. The maximum Gasteiger partial charge on any atom is 0.254 e. The van der Waals surface area contributed by atoms with Gasteiger partial charge in [-0.05, 0) is 31.3 Å². The number of likely N-dealkylation sites (N-methyl/N-ethyl adjacent to an activating group) is 1. The first-order valence-corrected chi connectivity index (χ1v) is 8.50. The van der Waals surface area contributed by atoms with E-state index in [0.717, 1.165) is 48.3 Å². The number of piperazine rings is 1. The van der Waals surface area contributed by atoms with Gasteiger partial charge in [-0.3, -0.25) is 9.78 Å². The summed E-state index contributed by atoms with van der Waals surface area (Å²) in [4.78, 5) is 26.3. The zero-order valence-electron chi connectivity index (χ0n) is 14.2. The molecule has 2 aromatic heterocycles. The van der Waals surface area contributed by atoms with E-state index in [4.69, 9.17) is 4.98 Å². The topological polar surface area (TPSA) is 49.3 Å².